The second kappa shape index (κ2) is 10.6. The monoisotopic (exact) mass is 421 g/mol. The van der Waals surface area contributed by atoms with Crippen molar-refractivity contribution in [3.63, 3.8) is 0 Å². The van der Waals surface area contributed by atoms with Gasteiger partial charge in [-0.05, 0) is 47.1 Å². The molecular weight excluding hydrogens is 390 g/mol. The number of nitrogens with zero attached hydrogens (tertiary/aromatic N) is 1. The lowest BCUT2D eigenvalue weighted by atomic mass is 10.1. The van der Waals surface area contributed by atoms with Crippen LogP contribution in [0.3, 0.4) is 0 Å². The zero-order chi connectivity index (χ0) is 22.9. The number of nitrogens with one attached hydrogen (secondary N) is 2. The van der Waals surface area contributed by atoms with Gasteiger partial charge in [-0.2, -0.15) is 0 Å². The molecule has 0 fully saturated rings. The number of esters is 1. The third-order valence-corrected chi connectivity index (χ3v) is 3.27. The van der Waals surface area contributed by atoms with Gasteiger partial charge in [0.2, 0.25) is 5.96 Å². The molecule has 1 aromatic carbocycles. The molecule has 1 atom stereocenters. The van der Waals surface area contributed by atoms with Crippen LogP contribution in [-0.2, 0) is 25.4 Å². The summed E-state index contributed by atoms with van der Waals surface area (Å²) >= 11 is 0. The summed E-state index contributed by atoms with van der Waals surface area (Å²) in [6, 6.07) is 8.14. The minimum Gasteiger partial charge on any atom is -0.467 e. The highest BCUT2D eigenvalue weighted by Gasteiger charge is 2.25. The van der Waals surface area contributed by atoms with E-state index in [1.54, 1.807) is 41.5 Å². The van der Waals surface area contributed by atoms with Gasteiger partial charge in [-0.25, -0.2) is 19.4 Å². The number of benzene rings is 1. The van der Waals surface area contributed by atoms with Crippen molar-refractivity contribution in [3.8, 4) is 0 Å². The maximum atomic E-state index is 12.3. The van der Waals surface area contributed by atoms with Crippen molar-refractivity contribution in [3.05, 3.63) is 35.9 Å². The summed E-state index contributed by atoms with van der Waals surface area (Å²) in [5, 5.41) is 4.71. The molecule has 0 unspecified atom stereocenters. The molecule has 1 rings (SSSR count). The van der Waals surface area contributed by atoms with Crippen LogP contribution in [0.5, 0.6) is 0 Å². The van der Waals surface area contributed by atoms with E-state index in [0.29, 0.717) is 0 Å². The molecule has 0 bridgehead atoms. The van der Waals surface area contributed by atoms with Crippen LogP contribution in [0.2, 0.25) is 0 Å². The Morgan fingerprint density at radius 3 is 1.77 bits per heavy atom. The summed E-state index contributed by atoms with van der Waals surface area (Å²) in [6.07, 6.45) is -1.50. The molecule has 9 nitrogen and oxygen atoms in total. The predicted octanol–water partition coefficient (Wildman–Crippen LogP) is 3.18. The molecule has 0 heterocycles. The summed E-state index contributed by atoms with van der Waals surface area (Å²) < 4.78 is 15.2. The molecular formula is C21H31N3O6. The third-order valence-electron chi connectivity index (χ3n) is 3.27. The Morgan fingerprint density at radius 2 is 1.37 bits per heavy atom. The molecule has 0 saturated carbocycles. The van der Waals surface area contributed by atoms with Gasteiger partial charge >= 0.3 is 18.2 Å². The van der Waals surface area contributed by atoms with E-state index in [2.05, 4.69) is 15.6 Å². The average molecular weight is 421 g/mol. The first-order chi connectivity index (χ1) is 13.8. The molecule has 0 aliphatic rings. The van der Waals surface area contributed by atoms with Crippen molar-refractivity contribution >= 4 is 24.1 Å². The summed E-state index contributed by atoms with van der Waals surface area (Å²) in [4.78, 5) is 40.8. The molecule has 0 aromatic heterocycles. The minimum absolute atomic E-state index is 0.197. The first-order valence-electron chi connectivity index (χ1n) is 9.48. The number of hydrogen-bond acceptors (Lipinski definition) is 7. The summed E-state index contributed by atoms with van der Waals surface area (Å²) in [6.45, 7) is 10.2. The van der Waals surface area contributed by atoms with Gasteiger partial charge in [0.05, 0.1) is 7.11 Å². The molecule has 2 N–H and O–H groups in total. The molecule has 166 valence electrons. The zero-order valence-electron chi connectivity index (χ0n) is 18.6. The zero-order valence-corrected chi connectivity index (χ0v) is 18.6. The number of ether oxygens (including phenoxy) is 3. The Morgan fingerprint density at radius 1 is 0.900 bits per heavy atom. The Kier molecular flexibility index (Phi) is 8.82. The average Bonchev–Trinajstić information content (AvgIpc) is 2.57. The second-order valence-electron chi connectivity index (χ2n) is 8.46. The number of hydrogen-bond donors (Lipinski definition) is 2. The van der Waals surface area contributed by atoms with Crippen molar-refractivity contribution in [1.29, 1.82) is 0 Å². The Labute approximate surface area is 177 Å². The third kappa shape index (κ3) is 10.4. The maximum Gasteiger partial charge on any atom is 0.414 e. The number of guanidine groups is 1. The van der Waals surface area contributed by atoms with Gasteiger partial charge in [-0.15, -0.1) is 0 Å². The van der Waals surface area contributed by atoms with Crippen LogP contribution < -0.4 is 10.6 Å². The molecule has 2 amide bonds. The van der Waals surface area contributed by atoms with Crippen LogP contribution >= 0.6 is 0 Å². The highest BCUT2D eigenvalue weighted by molar-refractivity contribution is 6.02. The van der Waals surface area contributed by atoms with Gasteiger partial charge in [0.25, 0.3) is 0 Å². The van der Waals surface area contributed by atoms with Gasteiger partial charge in [-0.3, -0.25) is 10.6 Å². The van der Waals surface area contributed by atoms with Crippen LogP contribution in [0.1, 0.15) is 47.1 Å². The lowest BCUT2D eigenvalue weighted by Crippen LogP contribution is -2.48. The summed E-state index contributed by atoms with van der Waals surface area (Å²) in [5.41, 5.74) is -0.717. The number of carbonyl (C=O) groups excluding carboxylic acids is 3. The number of rotatable bonds is 4. The number of alkyl carbamates (subject to hydrolysis) is 2. The molecule has 0 spiro atoms. The summed E-state index contributed by atoms with van der Waals surface area (Å²) in [5.74, 6) is -0.918. The normalized spacial score (nSPS) is 12.2. The first-order valence-corrected chi connectivity index (χ1v) is 9.48. The Hall–Kier alpha value is -3.10. The van der Waals surface area contributed by atoms with Crippen molar-refractivity contribution in [1.82, 2.24) is 10.6 Å². The Balaban J connectivity index is 3.14. The lowest BCUT2D eigenvalue weighted by molar-refractivity contribution is -0.142. The Bertz CT molecular complexity index is 731. The summed E-state index contributed by atoms with van der Waals surface area (Å²) in [7, 11) is 1.23. The maximum absolute atomic E-state index is 12.3. The van der Waals surface area contributed by atoms with Crippen LogP contribution in [-0.4, -0.2) is 48.5 Å². The fraction of sp³-hybridized carbons (Fsp3) is 0.524. The fourth-order valence-electron chi connectivity index (χ4n) is 2.21. The van der Waals surface area contributed by atoms with Gasteiger partial charge in [-0.1, -0.05) is 30.3 Å². The van der Waals surface area contributed by atoms with Crippen molar-refractivity contribution in [2.75, 3.05) is 7.11 Å². The molecule has 30 heavy (non-hydrogen) atoms. The quantitative estimate of drug-likeness (QED) is 0.334. The highest BCUT2D eigenvalue weighted by Crippen LogP contribution is 2.10. The first kappa shape index (κ1) is 24.9. The van der Waals surface area contributed by atoms with Crippen molar-refractivity contribution in [2.45, 2.75) is 65.2 Å². The molecule has 0 aliphatic heterocycles. The minimum atomic E-state index is -1.02. The molecule has 0 radical (unpaired) electrons. The SMILES string of the molecule is COC(=O)[C@H](Cc1ccccc1)N=C(NC(=O)OC(C)(C)C)NC(=O)OC(C)(C)C. The van der Waals surface area contributed by atoms with Crippen molar-refractivity contribution in [2.24, 2.45) is 4.99 Å². The van der Waals surface area contributed by atoms with Crippen molar-refractivity contribution < 1.29 is 28.6 Å². The van der Waals surface area contributed by atoms with Gasteiger partial charge in [0.15, 0.2) is 6.04 Å². The largest absolute Gasteiger partial charge is 0.467 e. The molecule has 9 heteroatoms. The van der Waals surface area contributed by atoms with E-state index in [0.717, 1.165) is 5.56 Å². The predicted molar refractivity (Wildman–Crippen MR) is 112 cm³/mol. The highest BCUT2D eigenvalue weighted by atomic mass is 16.6. The lowest BCUT2D eigenvalue weighted by Gasteiger charge is -2.22. The molecule has 0 aliphatic carbocycles. The number of aliphatic imine (C=N–C) groups is 1. The van der Waals surface area contributed by atoms with Gasteiger partial charge in [0.1, 0.15) is 11.2 Å². The number of methoxy groups -OCH3 is 1. The number of amides is 2. The van der Waals surface area contributed by atoms with E-state index in [4.69, 9.17) is 14.2 Å². The standard InChI is InChI=1S/C21H31N3O6/c1-20(2,3)29-18(26)23-17(24-19(27)30-21(4,5)6)22-15(16(25)28-7)13-14-11-9-8-10-12-14/h8-12,15H,13H2,1-7H3,(H2,22,23,24,26,27)/t15-/m0/s1. The molecule has 0 saturated heterocycles. The van der Waals surface area contributed by atoms with E-state index in [9.17, 15) is 14.4 Å². The van der Waals surface area contributed by atoms with Crippen LogP contribution in [0.4, 0.5) is 9.59 Å². The molecule has 1 aromatic rings. The van der Waals surface area contributed by atoms with E-state index < -0.39 is 35.4 Å². The van der Waals surface area contributed by atoms with E-state index in [1.807, 2.05) is 30.3 Å². The van der Waals surface area contributed by atoms with E-state index in [-0.39, 0.29) is 12.4 Å². The number of carbonyl (C=O) groups is 3. The van der Waals surface area contributed by atoms with Crippen LogP contribution in [0.25, 0.3) is 0 Å². The van der Waals surface area contributed by atoms with Gasteiger partial charge in [0, 0.05) is 6.42 Å². The topological polar surface area (TPSA) is 115 Å². The smallest absolute Gasteiger partial charge is 0.414 e. The van der Waals surface area contributed by atoms with E-state index >= 15 is 0 Å². The van der Waals surface area contributed by atoms with Gasteiger partial charge < -0.3 is 14.2 Å². The van der Waals surface area contributed by atoms with Crippen LogP contribution in [0, 0.1) is 0 Å². The fourth-order valence-corrected chi connectivity index (χ4v) is 2.21. The van der Waals surface area contributed by atoms with E-state index in [1.165, 1.54) is 7.11 Å². The second-order valence-corrected chi connectivity index (χ2v) is 8.46. The van der Waals surface area contributed by atoms with Crippen LogP contribution in [0.15, 0.2) is 35.3 Å².